The first-order chi connectivity index (χ1) is 17.1. The van der Waals surface area contributed by atoms with Gasteiger partial charge in [0.1, 0.15) is 22.8 Å². The van der Waals surface area contributed by atoms with Crippen LogP contribution in [-0.2, 0) is 9.16 Å². The van der Waals surface area contributed by atoms with Crippen LogP contribution >= 0.6 is 11.6 Å². The van der Waals surface area contributed by atoms with Gasteiger partial charge < -0.3 is 19.2 Å². The average Bonchev–Trinajstić information content (AvgIpc) is 2.79. The molecule has 1 aliphatic rings. The van der Waals surface area contributed by atoms with Gasteiger partial charge in [0.2, 0.25) is 0 Å². The largest absolute Gasteiger partial charge is 0.487 e. The molecular weight excluding hydrogens is 502 g/mol. The summed E-state index contributed by atoms with van der Waals surface area (Å²) in [5.74, 6) is 2.12. The molecule has 0 aliphatic carbocycles. The first-order valence-electron chi connectivity index (χ1n) is 13.4. The van der Waals surface area contributed by atoms with Crippen molar-refractivity contribution < 1.29 is 13.9 Å². The van der Waals surface area contributed by atoms with E-state index >= 15 is 0 Å². The second-order valence-electron chi connectivity index (χ2n) is 12.9. The molecule has 1 aromatic carbocycles. The topological polar surface area (TPSA) is 65.5 Å². The van der Waals surface area contributed by atoms with Gasteiger partial charge in [-0.2, -0.15) is 0 Å². The van der Waals surface area contributed by atoms with Crippen molar-refractivity contribution in [3.63, 3.8) is 0 Å². The highest BCUT2D eigenvalue weighted by Crippen LogP contribution is 2.39. The summed E-state index contributed by atoms with van der Waals surface area (Å²) in [5, 5.41) is 4.14. The summed E-state index contributed by atoms with van der Waals surface area (Å²) in [7, 11) is -1.96. The monoisotopic (exact) mass is 547 g/mol. The van der Waals surface area contributed by atoms with Crippen LogP contribution in [0.3, 0.4) is 0 Å². The first-order valence-corrected chi connectivity index (χ1v) is 16.7. The number of benzene rings is 1. The number of rotatable bonds is 8. The Kier molecular flexibility index (Phi) is 9.37. The summed E-state index contributed by atoms with van der Waals surface area (Å²) < 4.78 is 18.9. The molecule has 2 atom stereocenters. The highest BCUT2D eigenvalue weighted by Gasteiger charge is 2.42. The molecule has 1 fully saturated rings. The lowest BCUT2D eigenvalue weighted by Gasteiger charge is -2.43. The third kappa shape index (κ3) is 7.68. The van der Waals surface area contributed by atoms with Crippen LogP contribution in [-0.4, -0.2) is 49.7 Å². The van der Waals surface area contributed by atoms with E-state index in [1.54, 1.807) is 0 Å². The van der Waals surface area contributed by atoms with Crippen molar-refractivity contribution in [2.75, 3.05) is 18.5 Å². The molecule has 0 bridgehead atoms. The SMILES string of the molecule is Cc1c(Cl)nc(-c2cccc(OC(C(C)O[Si](C)(C)C(C)(C)C)C(C)(C)C)c2)nc1NC1CCOCC1. The van der Waals surface area contributed by atoms with Crippen LogP contribution in [0.2, 0.25) is 23.3 Å². The van der Waals surface area contributed by atoms with Crippen LogP contribution in [0.4, 0.5) is 5.82 Å². The van der Waals surface area contributed by atoms with E-state index in [1.165, 1.54) is 0 Å². The van der Waals surface area contributed by atoms with Crippen LogP contribution in [0.15, 0.2) is 24.3 Å². The first kappa shape index (κ1) is 29.9. The quantitative estimate of drug-likeness (QED) is 0.267. The summed E-state index contributed by atoms with van der Waals surface area (Å²) >= 11 is 6.55. The van der Waals surface area contributed by atoms with Crippen molar-refractivity contribution in [1.29, 1.82) is 0 Å². The Morgan fingerprint density at radius 1 is 1.08 bits per heavy atom. The van der Waals surface area contributed by atoms with Gasteiger partial charge in [0, 0.05) is 35.8 Å². The van der Waals surface area contributed by atoms with Crippen molar-refractivity contribution in [1.82, 2.24) is 9.97 Å². The zero-order chi connectivity index (χ0) is 27.6. The molecule has 8 heteroatoms. The molecule has 0 spiro atoms. The molecule has 6 nitrogen and oxygen atoms in total. The minimum absolute atomic E-state index is 0.0649. The van der Waals surface area contributed by atoms with Crippen molar-refractivity contribution in [2.24, 2.45) is 5.41 Å². The molecule has 206 valence electrons. The standard InChI is InChI=1S/C29H46ClN3O3Si/c1-19-25(30)32-27(33-26(19)31-22-14-16-34-17-15-22)21-12-11-13-23(18-21)35-24(28(3,4)5)20(2)36-37(9,10)29(6,7)8/h11-13,18,20,22,24H,14-17H2,1-10H3,(H,31,32,33). The number of nitrogens with one attached hydrogen (secondary N) is 1. The number of aromatic nitrogens is 2. The second kappa shape index (κ2) is 11.6. The van der Waals surface area contributed by atoms with E-state index in [2.05, 4.69) is 71.9 Å². The summed E-state index contributed by atoms with van der Waals surface area (Å²) in [6.45, 7) is 23.6. The molecule has 0 amide bonds. The maximum atomic E-state index is 6.75. The van der Waals surface area contributed by atoms with E-state index in [1.807, 2.05) is 31.2 Å². The Bertz CT molecular complexity index is 1060. The van der Waals surface area contributed by atoms with Crippen molar-refractivity contribution >= 4 is 25.7 Å². The molecule has 1 aromatic heterocycles. The minimum atomic E-state index is -1.96. The number of hydrogen-bond acceptors (Lipinski definition) is 6. The molecule has 0 saturated carbocycles. The molecule has 2 unspecified atom stereocenters. The molecular formula is C29H46ClN3O3Si. The van der Waals surface area contributed by atoms with Crippen molar-refractivity contribution in [3.05, 3.63) is 35.0 Å². The lowest BCUT2D eigenvalue weighted by molar-refractivity contribution is -0.0110. The van der Waals surface area contributed by atoms with Crippen LogP contribution in [0.1, 0.15) is 66.9 Å². The van der Waals surface area contributed by atoms with Crippen molar-refractivity contribution in [2.45, 2.75) is 105 Å². The Morgan fingerprint density at radius 2 is 1.73 bits per heavy atom. The van der Waals surface area contributed by atoms with E-state index in [4.69, 9.17) is 30.5 Å². The van der Waals surface area contributed by atoms with Crippen LogP contribution in [0.25, 0.3) is 11.4 Å². The van der Waals surface area contributed by atoms with E-state index < -0.39 is 8.32 Å². The van der Waals surface area contributed by atoms with Gasteiger partial charge in [-0.1, -0.05) is 65.3 Å². The van der Waals surface area contributed by atoms with Gasteiger partial charge in [0.25, 0.3) is 0 Å². The fraction of sp³-hybridized carbons (Fsp3) is 0.655. The molecule has 1 saturated heterocycles. The lowest BCUT2D eigenvalue weighted by atomic mass is 9.86. The van der Waals surface area contributed by atoms with E-state index in [0.29, 0.717) is 17.0 Å². The van der Waals surface area contributed by atoms with Gasteiger partial charge in [-0.15, -0.1) is 0 Å². The average molecular weight is 548 g/mol. The predicted octanol–water partition coefficient (Wildman–Crippen LogP) is 7.90. The number of halogens is 1. The molecule has 2 heterocycles. The van der Waals surface area contributed by atoms with Gasteiger partial charge in [-0.25, -0.2) is 9.97 Å². The molecule has 1 N–H and O–H groups in total. The highest BCUT2D eigenvalue weighted by molar-refractivity contribution is 6.74. The Balaban J connectivity index is 1.86. The van der Waals surface area contributed by atoms with Crippen LogP contribution in [0.5, 0.6) is 5.75 Å². The van der Waals surface area contributed by atoms with Gasteiger partial charge in [0.05, 0.1) is 6.10 Å². The van der Waals surface area contributed by atoms with Crippen molar-refractivity contribution in [3.8, 4) is 17.1 Å². The molecule has 2 aromatic rings. The number of ether oxygens (including phenoxy) is 2. The Hall–Kier alpha value is -1.67. The normalized spacial score (nSPS) is 17.4. The van der Waals surface area contributed by atoms with Gasteiger partial charge >= 0.3 is 0 Å². The van der Waals surface area contributed by atoms with E-state index in [9.17, 15) is 0 Å². The fourth-order valence-corrected chi connectivity index (χ4v) is 5.91. The smallest absolute Gasteiger partial charge is 0.192 e. The zero-order valence-corrected chi connectivity index (χ0v) is 26.1. The third-order valence-electron chi connectivity index (χ3n) is 7.57. The van der Waals surface area contributed by atoms with Gasteiger partial charge in [-0.3, -0.25) is 0 Å². The van der Waals surface area contributed by atoms with Gasteiger partial charge in [0.15, 0.2) is 14.1 Å². The molecule has 1 aliphatic heterocycles. The zero-order valence-electron chi connectivity index (χ0n) is 24.4. The second-order valence-corrected chi connectivity index (χ2v) is 18.0. The molecule has 3 rings (SSSR count). The maximum Gasteiger partial charge on any atom is 0.192 e. The number of anilines is 1. The minimum Gasteiger partial charge on any atom is -0.487 e. The fourth-order valence-electron chi connectivity index (χ4n) is 4.33. The molecule has 0 radical (unpaired) electrons. The maximum absolute atomic E-state index is 6.75. The summed E-state index contributed by atoms with van der Waals surface area (Å²) in [6, 6.07) is 8.27. The number of hydrogen-bond donors (Lipinski definition) is 1. The van der Waals surface area contributed by atoms with E-state index in [0.717, 1.165) is 48.7 Å². The Labute approximate surface area is 230 Å². The highest BCUT2D eigenvalue weighted by atomic mass is 35.5. The third-order valence-corrected chi connectivity index (χ3v) is 12.5. The number of nitrogens with zero attached hydrogens (tertiary/aromatic N) is 2. The van der Waals surface area contributed by atoms with Gasteiger partial charge in [-0.05, 0) is 57.0 Å². The lowest BCUT2D eigenvalue weighted by Crippen LogP contribution is -2.50. The van der Waals surface area contributed by atoms with E-state index in [-0.39, 0.29) is 22.7 Å². The summed E-state index contributed by atoms with van der Waals surface area (Å²) in [5.41, 5.74) is 1.59. The molecule has 37 heavy (non-hydrogen) atoms. The van der Waals surface area contributed by atoms with Crippen LogP contribution < -0.4 is 10.1 Å². The summed E-state index contributed by atoms with van der Waals surface area (Å²) in [6.07, 6.45) is 1.70. The van der Waals surface area contributed by atoms with Crippen LogP contribution in [0, 0.1) is 12.3 Å². The summed E-state index contributed by atoms with van der Waals surface area (Å²) in [4.78, 5) is 9.45. The predicted molar refractivity (Wildman–Crippen MR) is 156 cm³/mol. The Morgan fingerprint density at radius 3 is 2.32 bits per heavy atom.